The van der Waals surface area contributed by atoms with Crippen LogP contribution in [0.15, 0.2) is 0 Å². The SMILES string of the molecule is CCNC(Cc1c(C)nn(C)c1Cl)CC(F)(F)F. The topological polar surface area (TPSA) is 29.9 Å². The van der Waals surface area contributed by atoms with Gasteiger partial charge in [-0.15, -0.1) is 0 Å². The maximum atomic E-state index is 12.4. The molecular formula is C11H17ClF3N3. The molecule has 0 aliphatic rings. The number of nitrogens with zero attached hydrogens (tertiary/aromatic N) is 2. The summed E-state index contributed by atoms with van der Waals surface area (Å²) in [5.74, 6) is 0. The molecular weight excluding hydrogens is 267 g/mol. The van der Waals surface area contributed by atoms with E-state index in [1.165, 1.54) is 4.68 Å². The van der Waals surface area contributed by atoms with Gasteiger partial charge in [-0.05, 0) is 19.9 Å². The van der Waals surface area contributed by atoms with E-state index in [1.54, 1.807) is 20.9 Å². The third-order valence-corrected chi connectivity index (χ3v) is 3.16. The van der Waals surface area contributed by atoms with Gasteiger partial charge in [0.05, 0.1) is 12.1 Å². The number of likely N-dealkylation sites (N-methyl/N-ethyl adjacent to an activating group) is 1. The number of nitrogens with one attached hydrogen (secondary N) is 1. The van der Waals surface area contributed by atoms with Crippen LogP contribution >= 0.6 is 11.6 Å². The van der Waals surface area contributed by atoms with E-state index < -0.39 is 18.6 Å². The number of aryl methyl sites for hydroxylation is 2. The second kappa shape index (κ2) is 5.93. The van der Waals surface area contributed by atoms with Gasteiger partial charge >= 0.3 is 6.18 Å². The molecule has 0 aromatic carbocycles. The summed E-state index contributed by atoms with van der Waals surface area (Å²) in [6, 6.07) is -0.671. The van der Waals surface area contributed by atoms with Crippen LogP contribution in [0.1, 0.15) is 24.6 Å². The number of hydrogen-bond acceptors (Lipinski definition) is 2. The van der Waals surface area contributed by atoms with Crippen molar-refractivity contribution in [3.05, 3.63) is 16.4 Å². The summed E-state index contributed by atoms with van der Waals surface area (Å²) in [5.41, 5.74) is 1.35. The van der Waals surface area contributed by atoms with Gasteiger partial charge in [-0.2, -0.15) is 18.3 Å². The summed E-state index contributed by atoms with van der Waals surface area (Å²) in [6.45, 7) is 4.01. The van der Waals surface area contributed by atoms with Gasteiger partial charge in [-0.25, -0.2) is 0 Å². The highest BCUT2D eigenvalue weighted by atomic mass is 35.5. The van der Waals surface area contributed by atoms with Gasteiger partial charge in [0, 0.05) is 18.7 Å². The van der Waals surface area contributed by atoms with Crippen molar-refractivity contribution in [2.75, 3.05) is 6.54 Å². The summed E-state index contributed by atoms with van der Waals surface area (Å²) in [6.07, 6.45) is -4.83. The van der Waals surface area contributed by atoms with E-state index in [0.29, 0.717) is 23.0 Å². The number of alkyl halides is 3. The Bertz CT molecular complexity index is 401. The van der Waals surface area contributed by atoms with Gasteiger partial charge in [-0.3, -0.25) is 4.68 Å². The molecule has 0 aliphatic heterocycles. The Labute approximate surface area is 109 Å². The molecule has 7 heteroatoms. The summed E-state index contributed by atoms with van der Waals surface area (Å²) in [4.78, 5) is 0. The molecule has 18 heavy (non-hydrogen) atoms. The molecule has 1 unspecified atom stereocenters. The predicted octanol–water partition coefficient (Wildman–Crippen LogP) is 2.85. The minimum atomic E-state index is -4.19. The monoisotopic (exact) mass is 283 g/mol. The lowest BCUT2D eigenvalue weighted by molar-refractivity contribution is -0.139. The van der Waals surface area contributed by atoms with Crippen molar-refractivity contribution in [1.82, 2.24) is 15.1 Å². The molecule has 0 amide bonds. The first-order valence-electron chi connectivity index (χ1n) is 5.72. The van der Waals surface area contributed by atoms with Crippen LogP contribution in [0.4, 0.5) is 13.2 Å². The van der Waals surface area contributed by atoms with Gasteiger partial charge < -0.3 is 5.32 Å². The molecule has 0 saturated heterocycles. The van der Waals surface area contributed by atoms with Crippen molar-refractivity contribution in [1.29, 1.82) is 0 Å². The normalized spacial score (nSPS) is 13.9. The fourth-order valence-electron chi connectivity index (χ4n) is 1.94. The molecule has 1 heterocycles. The zero-order valence-corrected chi connectivity index (χ0v) is 11.4. The molecule has 0 bridgehead atoms. The van der Waals surface area contributed by atoms with Crippen molar-refractivity contribution in [2.24, 2.45) is 7.05 Å². The van der Waals surface area contributed by atoms with Gasteiger partial charge in [-0.1, -0.05) is 18.5 Å². The highest BCUT2D eigenvalue weighted by molar-refractivity contribution is 6.30. The third-order valence-electron chi connectivity index (χ3n) is 2.69. The Morgan fingerprint density at radius 2 is 2.06 bits per heavy atom. The largest absolute Gasteiger partial charge is 0.390 e. The van der Waals surface area contributed by atoms with E-state index in [4.69, 9.17) is 11.6 Å². The fourth-order valence-corrected chi connectivity index (χ4v) is 2.19. The van der Waals surface area contributed by atoms with Gasteiger partial charge in [0.15, 0.2) is 0 Å². The van der Waals surface area contributed by atoms with Crippen molar-refractivity contribution >= 4 is 11.6 Å². The summed E-state index contributed by atoms with van der Waals surface area (Å²) in [5, 5.41) is 7.33. The van der Waals surface area contributed by atoms with Gasteiger partial charge in [0.2, 0.25) is 0 Å². The smallest absolute Gasteiger partial charge is 0.314 e. The van der Waals surface area contributed by atoms with Crippen LogP contribution in [0.2, 0.25) is 5.15 Å². The number of aromatic nitrogens is 2. The van der Waals surface area contributed by atoms with Gasteiger partial charge in [0.25, 0.3) is 0 Å². The van der Waals surface area contributed by atoms with Crippen molar-refractivity contribution in [2.45, 2.75) is 38.9 Å². The Balaban J connectivity index is 2.83. The lowest BCUT2D eigenvalue weighted by Crippen LogP contribution is -2.35. The third kappa shape index (κ3) is 4.17. The van der Waals surface area contributed by atoms with Crippen LogP contribution in [-0.4, -0.2) is 28.5 Å². The average molecular weight is 284 g/mol. The first-order valence-corrected chi connectivity index (χ1v) is 6.10. The van der Waals surface area contributed by atoms with Crippen LogP contribution in [-0.2, 0) is 13.5 Å². The molecule has 0 fully saturated rings. The van der Waals surface area contributed by atoms with Crippen molar-refractivity contribution < 1.29 is 13.2 Å². The molecule has 0 aliphatic carbocycles. The average Bonchev–Trinajstić information content (AvgIpc) is 2.43. The Morgan fingerprint density at radius 1 is 1.44 bits per heavy atom. The molecule has 0 spiro atoms. The molecule has 1 atom stereocenters. The molecule has 1 N–H and O–H groups in total. The number of halogens is 4. The van der Waals surface area contributed by atoms with Crippen molar-refractivity contribution in [3.8, 4) is 0 Å². The molecule has 0 radical (unpaired) electrons. The minimum absolute atomic E-state index is 0.228. The first kappa shape index (κ1) is 15.3. The second-order valence-electron chi connectivity index (χ2n) is 4.26. The lowest BCUT2D eigenvalue weighted by Gasteiger charge is -2.19. The van der Waals surface area contributed by atoms with Crippen LogP contribution in [0.3, 0.4) is 0 Å². The van der Waals surface area contributed by atoms with Crippen LogP contribution in [0.25, 0.3) is 0 Å². The Hall–Kier alpha value is -0.750. The fraction of sp³-hybridized carbons (Fsp3) is 0.727. The zero-order chi connectivity index (χ0) is 13.9. The van der Waals surface area contributed by atoms with E-state index in [-0.39, 0.29) is 6.42 Å². The highest BCUT2D eigenvalue weighted by Crippen LogP contribution is 2.26. The maximum Gasteiger partial charge on any atom is 0.390 e. The predicted molar refractivity (Wildman–Crippen MR) is 64.8 cm³/mol. The standard InChI is InChI=1S/C11H17ClF3N3/c1-4-16-8(6-11(13,14)15)5-9-7(2)17-18(3)10(9)12/h8,16H,4-6H2,1-3H3. The van der Waals surface area contributed by atoms with Crippen molar-refractivity contribution in [3.63, 3.8) is 0 Å². The Kier molecular flexibility index (Phi) is 5.04. The van der Waals surface area contributed by atoms with E-state index in [9.17, 15) is 13.2 Å². The molecule has 1 aromatic heterocycles. The van der Waals surface area contributed by atoms with E-state index in [1.807, 2.05) is 0 Å². The lowest BCUT2D eigenvalue weighted by atomic mass is 10.0. The van der Waals surface area contributed by atoms with Gasteiger partial charge in [0.1, 0.15) is 5.15 Å². The van der Waals surface area contributed by atoms with Crippen LogP contribution in [0, 0.1) is 6.92 Å². The summed E-state index contributed by atoms with van der Waals surface area (Å²) < 4.78 is 38.8. The first-order chi connectivity index (χ1) is 8.24. The minimum Gasteiger partial charge on any atom is -0.314 e. The van der Waals surface area contributed by atoms with E-state index >= 15 is 0 Å². The van der Waals surface area contributed by atoms with E-state index in [2.05, 4.69) is 10.4 Å². The molecule has 3 nitrogen and oxygen atoms in total. The number of rotatable bonds is 5. The molecule has 0 saturated carbocycles. The molecule has 104 valence electrons. The molecule has 1 aromatic rings. The second-order valence-corrected chi connectivity index (χ2v) is 4.61. The van der Waals surface area contributed by atoms with E-state index in [0.717, 1.165) is 0 Å². The summed E-state index contributed by atoms with van der Waals surface area (Å²) in [7, 11) is 1.67. The quantitative estimate of drug-likeness (QED) is 0.900. The Morgan fingerprint density at radius 3 is 2.44 bits per heavy atom. The van der Waals surface area contributed by atoms with Crippen LogP contribution < -0.4 is 5.32 Å². The zero-order valence-electron chi connectivity index (χ0n) is 10.6. The van der Waals surface area contributed by atoms with Crippen LogP contribution in [0.5, 0.6) is 0 Å². The highest BCUT2D eigenvalue weighted by Gasteiger charge is 2.32. The summed E-state index contributed by atoms with van der Waals surface area (Å²) >= 11 is 6.02. The molecule has 1 rings (SSSR count). The number of hydrogen-bond donors (Lipinski definition) is 1. The maximum absolute atomic E-state index is 12.4.